The molecule has 0 aliphatic carbocycles. The summed E-state index contributed by atoms with van der Waals surface area (Å²) in [5.74, 6) is -0.984. The molecule has 0 saturated carbocycles. The van der Waals surface area contributed by atoms with Gasteiger partial charge in [0.25, 0.3) is 0 Å². The minimum Gasteiger partial charge on any atom is -0.862 e. The third-order valence-electron chi connectivity index (χ3n) is 3.22. The van der Waals surface area contributed by atoms with Gasteiger partial charge in [-0.15, -0.1) is 0 Å². The van der Waals surface area contributed by atoms with Crippen molar-refractivity contribution in [3.05, 3.63) is 0 Å². The Balaban J connectivity index is 0. The van der Waals surface area contributed by atoms with Gasteiger partial charge in [-0.1, -0.05) is 32.6 Å². The summed E-state index contributed by atoms with van der Waals surface area (Å²) in [4.78, 5) is 16.3. The Morgan fingerprint density at radius 3 is 2.36 bits per heavy atom. The molecule has 0 aromatic heterocycles. The van der Waals surface area contributed by atoms with Crippen LogP contribution in [0.25, 0.3) is 0 Å². The number of rotatable bonds is 14. The average molecular weight is 308 g/mol. The summed E-state index contributed by atoms with van der Waals surface area (Å²) in [6.07, 6.45) is 6.52. The summed E-state index contributed by atoms with van der Waals surface area (Å²) in [6.45, 7) is 3.33. The fourth-order valence-corrected chi connectivity index (χ4v) is 1.94. The third kappa shape index (κ3) is 15.8. The van der Waals surface area contributed by atoms with Crippen LogP contribution in [-0.4, -0.2) is 53.3 Å². The molecule has 0 saturated heterocycles. The first-order chi connectivity index (χ1) is 10.1. The number of carboxylic acids is 1. The number of hydrogen-bond acceptors (Lipinski definition) is 5. The van der Waals surface area contributed by atoms with Crippen molar-refractivity contribution >= 4 is 11.9 Å². The first kappa shape index (κ1) is 23.7. The normalized spacial score (nSPS) is 11.5. The number of hydrogen-bond donors (Lipinski definition) is 2. The Bertz CT molecular complexity index is 301. The van der Waals surface area contributed by atoms with E-state index in [0.717, 1.165) is 19.3 Å². The number of aliphatic imine (C=N–C) groups is 1. The van der Waals surface area contributed by atoms with E-state index in [-0.39, 0.29) is 44.5 Å². The quantitative estimate of drug-likeness (QED) is 0.171. The van der Waals surface area contributed by atoms with Gasteiger partial charge >= 0.3 is 24.8 Å². The molecule has 0 atom stereocenters. The van der Waals surface area contributed by atoms with E-state index in [4.69, 9.17) is 10.2 Å². The van der Waals surface area contributed by atoms with Crippen LogP contribution in [0.2, 0.25) is 0 Å². The predicted molar refractivity (Wildman–Crippen MR) is 81.2 cm³/mol. The van der Waals surface area contributed by atoms with E-state index in [1.165, 1.54) is 12.8 Å². The number of nitrogens with zero attached hydrogens (tertiary/aromatic N) is 2. The second-order valence-corrected chi connectivity index (χ2v) is 5.20. The van der Waals surface area contributed by atoms with Gasteiger partial charge in [0.15, 0.2) is 0 Å². The number of carbonyl (C=O) groups is 1. The molecule has 0 spiro atoms. The summed E-state index contributed by atoms with van der Waals surface area (Å²) in [5, 5.41) is 29.1. The van der Waals surface area contributed by atoms with Crippen LogP contribution >= 0.6 is 0 Å². The van der Waals surface area contributed by atoms with Crippen molar-refractivity contribution in [1.29, 1.82) is 0 Å². The van der Waals surface area contributed by atoms with Gasteiger partial charge in [-0.05, 0) is 25.2 Å². The van der Waals surface area contributed by atoms with E-state index in [2.05, 4.69) is 11.9 Å². The maximum atomic E-state index is 11.6. The Labute approximate surface area is 145 Å². The van der Waals surface area contributed by atoms with E-state index >= 15 is 0 Å². The van der Waals surface area contributed by atoms with Crippen molar-refractivity contribution in [3.8, 4) is 0 Å². The van der Waals surface area contributed by atoms with Gasteiger partial charge in [-0.3, -0.25) is 14.7 Å². The second kappa shape index (κ2) is 16.8. The third-order valence-corrected chi connectivity index (χ3v) is 3.22. The Kier molecular flexibility index (Phi) is 18.1. The molecule has 0 fully saturated rings. The molecule has 2 N–H and O–H groups in total. The van der Waals surface area contributed by atoms with E-state index in [1.54, 1.807) is 4.90 Å². The topological polar surface area (TPSA) is 96.2 Å². The molecule has 22 heavy (non-hydrogen) atoms. The zero-order valence-electron chi connectivity index (χ0n) is 14.1. The van der Waals surface area contributed by atoms with Crippen LogP contribution in [0.1, 0.15) is 58.3 Å². The van der Waals surface area contributed by atoms with Gasteiger partial charge in [0, 0.05) is 19.7 Å². The minimum absolute atomic E-state index is 0. The van der Waals surface area contributed by atoms with Crippen molar-refractivity contribution in [2.45, 2.75) is 58.3 Å². The number of aliphatic hydroxyl groups excluding tert-OH is 1. The van der Waals surface area contributed by atoms with Crippen molar-refractivity contribution in [3.63, 3.8) is 0 Å². The Morgan fingerprint density at radius 2 is 1.77 bits per heavy atom. The molecule has 0 amide bonds. The van der Waals surface area contributed by atoms with E-state index < -0.39 is 5.97 Å². The van der Waals surface area contributed by atoms with Crippen molar-refractivity contribution < 1.29 is 39.0 Å². The van der Waals surface area contributed by atoms with Gasteiger partial charge in [0.05, 0.1) is 13.1 Å². The van der Waals surface area contributed by atoms with Crippen LogP contribution in [0.4, 0.5) is 0 Å². The summed E-state index contributed by atoms with van der Waals surface area (Å²) < 4.78 is 0. The molecule has 0 aliphatic rings. The molecule has 124 valence electrons. The molecule has 0 unspecified atom stereocenters. The number of carboxylic acid groups (broad SMARTS) is 1. The van der Waals surface area contributed by atoms with Crippen LogP contribution in [0.15, 0.2) is 4.99 Å². The molecule has 0 aromatic carbocycles. The molecule has 0 aliphatic heterocycles. The van der Waals surface area contributed by atoms with Gasteiger partial charge in [-0.2, -0.15) is 0 Å². The molecular formula is C15H29LiN2O4. The Morgan fingerprint density at radius 1 is 1.09 bits per heavy atom. The van der Waals surface area contributed by atoms with Crippen molar-refractivity contribution in [1.82, 2.24) is 4.90 Å². The maximum Gasteiger partial charge on any atom is 1.00 e. The van der Waals surface area contributed by atoms with Crippen LogP contribution in [0.5, 0.6) is 0 Å². The zero-order valence-corrected chi connectivity index (χ0v) is 14.1. The summed E-state index contributed by atoms with van der Waals surface area (Å²) in [5.41, 5.74) is 0. The number of aliphatic carboxylic acids is 1. The molecule has 0 radical (unpaired) electrons. The minimum atomic E-state index is -0.869. The van der Waals surface area contributed by atoms with Gasteiger partial charge in [0.2, 0.25) is 0 Å². The molecule has 7 heteroatoms. The second-order valence-electron chi connectivity index (χ2n) is 5.20. The first-order valence-corrected chi connectivity index (χ1v) is 7.85. The van der Waals surface area contributed by atoms with Crippen molar-refractivity contribution in [2.75, 3.05) is 26.4 Å². The molecule has 0 aromatic rings. The molecule has 0 rings (SSSR count). The predicted octanol–water partition coefficient (Wildman–Crippen LogP) is -1.77. The van der Waals surface area contributed by atoms with E-state index in [0.29, 0.717) is 25.9 Å². The number of aliphatic hydroxyl groups is 1. The Hall–Kier alpha value is -0.543. The summed E-state index contributed by atoms with van der Waals surface area (Å²) in [7, 11) is 0. The van der Waals surface area contributed by atoms with Gasteiger partial charge in [0.1, 0.15) is 0 Å². The largest absolute Gasteiger partial charge is 1.00 e. The molecule has 0 heterocycles. The van der Waals surface area contributed by atoms with Gasteiger partial charge < -0.3 is 15.3 Å². The average Bonchev–Trinajstić information content (AvgIpc) is 2.46. The smallest absolute Gasteiger partial charge is 0.862 e. The summed E-state index contributed by atoms with van der Waals surface area (Å²) in [6, 6.07) is 0. The van der Waals surface area contributed by atoms with Crippen LogP contribution in [0.3, 0.4) is 0 Å². The zero-order chi connectivity index (χ0) is 15.9. The fraction of sp³-hybridized carbons (Fsp3) is 0.867. The van der Waals surface area contributed by atoms with E-state index in [9.17, 15) is 9.90 Å². The van der Waals surface area contributed by atoms with Crippen molar-refractivity contribution in [2.24, 2.45) is 4.99 Å². The molecule has 6 nitrogen and oxygen atoms in total. The van der Waals surface area contributed by atoms with Crippen LogP contribution in [0, 0.1) is 0 Å². The SMILES string of the molecule is CCCCCCCC([O-])=NCN(CCCO)CCC(=O)O.[Li+]. The molecular weight excluding hydrogens is 279 g/mol. The molecule has 0 bridgehead atoms. The first-order valence-electron chi connectivity index (χ1n) is 7.85. The maximum absolute atomic E-state index is 11.6. The summed E-state index contributed by atoms with van der Waals surface area (Å²) >= 11 is 0. The van der Waals surface area contributed by atoms with Crippen LogP contribution < -0.4 is 24.0 Å². The van der Waals surface area contributed by atoms with Crippen LogP contribution in [-0.2, 0) is 4.79 Å². The van der Waals surface area contributed by atoms with E-state index in [1.807, 2.05) is 0 Å². The fourth-order valence-electron chi connectivity index (χ4n) is 1.94. The number of unbranched alkanes of at least 4 members (excludes halogenated alkanes) is 4. The monoisotopic (exact) mass is 308 g/mol. The standard InChI is InChI=1S/C15H30N2O4.Li/c1-2-3-4-5-6-8-14(19)16-13-17(10-7-12-18)11-9-15(20)21;/h18H,2-13H2,1H3,(H,16,19)(H,20,21);/q;+1/p-1. The van der Waals surface area contributed by atoms with Gasteiger partial charge in [-0.25, -0.2) is 0 Å².